The van der Waals surface area contributed by atoms with Crippen LogP contribution in [0.5, 0.6) is 11.5 Å². The molecule has 0 saturated heterocycles. The van der Waals surface area contributed by atoms with E-state index in [2.05, 4.69) is 35.8 Å². The Kier molecular flexibility index (Phi) is 6.30. The van der Waals surface area contributed by atoms with Crippen molar-refractivity contribution in [2.75, 3.05) is 20.0 Å². The molecule has 0 saturated carbocycles. The zero-order chi connectivity index (χ0) is 24.9. The number of anilines is 1. The van der Waals surface area contributed by atoms with Gasteiger partial charge in [0.25, 0.3) is 11.6 Å². The summed E-state index contributed by atoms with van der Waals surface area (Å²) in [6, 6.07) is 10.6. The number of carbonyl (C=O) groups is 1. The molecule has 0 aliphatic carbocycles. The topological polar surface area (TPSA) is 199 Å². The molecular formula is C20H17N9O6. The Balaban J connectivity index is 1.70. The maximum atomic E-state index is 13.2. The molecule has 0 aliphatic rings. The Morgan fingerprint density at radius 1 is 1.20 bits per heavy atom. The molecule has 15 heteroatoms. The minimum Gasteiger partial charge on any atom is -0.493 e. The van der Waals surface area contributed by atoms with E-state index in [9.17, 15) is 14.9 Å². The van der Waals surface area contributed by atoms with Gasteiger partial charge in [-0.2, -0.15) is 9.78 Å². The summed E-state index contributed by atoms with van der Waals surface area (Å²) in [5, 5.41) is 30.1. The molecule has 0 radical (unpaired) electrons. The van der Waals surface area contributed by atoms with Crippen molar-refractivity contribution in [2.45, 2.75) is 0 Å². The average Bonchev–Trinajstić information content (AvgIpc) is 3.49. The molecule has 0 aliphatic heterocycles. The van der Waals surface area contributed by atoms with E-state index >= 15 is 0 Å². The number of amides is 1. The van der Waals surface area contributed by atoms with Crippen molar-refractivity contribution in [3.63, 3.8) is 0 Å². The zero-order valence-corrected chi connectivity index (χ0v) is 18.3. The number of benzene rings is 2. The number of ether oxygens (including phenoxy) is 2. The highest BCUT2D eigenvalue weighted by atomic mass is 16.6. The van der Waals surface area contributed by atoms with Gasteiger partial charge in [-0.3, -0.25) is 14.9 Å². The second kappa shape index (κ2) is 9.65. The molecule has 178 valence electrons. The lowest BCUT2D eigenvalue weighted by molar-refractivity contribution is -0.384. The number of rotatable bonds is 8. The largest absolute Gasteiger partial charge is 0.493 e. The van der Waals surface area contributed by atoms with E-state index in [-0.39, 0.29) is 28.7 Å². The molecule has 0 atom stereocenters. The Morgan fingerprint density at radius 3 is 2.60 bits per heavy atom. The van der Waals surface area contributed by atoms with Gasteiger partial charge in [-0.25, -0.2) is 10.1 Å². The van der Waals surface area contributed by atoms with Crippen LogP contribution in [0.2, 0.25) is 0 Å². The SMILES string of the molecule is COc1cccc(C=NNC(=O)c2c(-c3ccc([N+](=O)[O-])cc3)nnn2-c2nonc2N)c1OC. The molecule has 2 heterocycles. The fraction of sp³-hybridized carbons (Fsp3) is 0.100. The number of nitro groups is 1. The molecule has 0 bridgehead atoms. The molecule has 0 spiro atoms. The van der Waals surface area contributed by atoms with Crippen LogP contribution < -0.4 is 20.6 Å². The van der Waals surface area contributed by atoms with Gasteiger partial charge in [0.2, 0.25) is 11.6 Å². The fourth-order valence-corrected chi connectivity index (χ4v) is 3.13. The number of aromatic nitrogens is 5. The van der Waals surface area contributed by atoms with E-state index in [4.69, 9.17) is 15.2 Å². The Morgan fingerprint density at radius 2 is 1.97 bits per heavy atom. The van der Waals surface area contributed by atoms with Gasteiger partial charge < -0.3 is 15.2 Å². The van der Waals surface area contributed by atoms with Crippen LogP contribution in [0.3, 0.4) is 0 Å². The third-order valence-corrected chi connectivity index (χ3v) is 4.74. The van der Waals surface area contributed by atoms with Crippen LogP contribution in [0.15, 0.2) is 52.2 Å². The monoisotopic (exact) mass is 479 g/mol. The second-order valence-electron chi connectivity index (χ2n) is 6.76. The molecule has 4 rings (SSSR count). The molecule has 15 nitrogen and oxygen atoms in total. The number of nitrogens with one attached hydrogen (secondary N) is 1. The molecule has 35 heavy (non-hydrogen) atoms. The number of carbonyl (C=O) groups excluding carboxylic acids is 1. The third-order valence-electron chi connectivity index (χ3n) is 4.74. The lowest BCUT2D eigenvalue weighted by atomic mass is 10.1. The van der Waals surface area contributed by atoms with Crippen molar-refractivity contribution in [2.24, 2.45) is 5.10 Å². The van der Waals surface area contributed by atoms with Crippen molar-refractivity contribution in [3.8, 4) is 28.6 Å². The number of para-hydroxylation sites is 1. The number of non-ortho nitro benzene ring substituents is 1. The maximum Gasteiger partial charge on any atom is 0.292 e. The first-order chi connectivity index (χ1) is 16.9. The minimum absolute atomic E-state index is 0.0748. The minimum atomic E-state index is -0.733. The predicted molar refractivity (Wildman–Crippen MR) is 120 cm³/mol. The van der Waals surface area contributed by atoms with Gasteiger partial charge in [-0.05, 0) is 34.6 Å². The van der Waals surface area contributed by atoms with Gasteiger partial charge >= 0.3 is 0 Å². The number of nitrogens with zero attached hydrogens (tertiary/aromatic N) is 7. The number of methoxy groups -OCH3 is 2. The number of hydrazone groups is 1. The first-order valence-electron chi connectivity index (χ1n) is 9.78. The molecule has 2 aromatic carbocycles. The van der Waals surface area contributed by atoms with Crippen LogP contribution in [0, 0.1) is 10.1 Å². The first kappa shape index (κ1) is 22.8. The molecular weight excluding hydrogens is 462 g/mol. The van der Waals surface area contributed by atoms with Gasteiger partial charge in [0.15, 0.2) is 17.2 Å². The average molecular weight is 479 g/mol. The molecule has 0 fully saturated rings. The summed E-state index contributed by atoms with van der Waals surface area (Å²) in [7, 11) is 2.98. The molecule has 3 N–H and O–H groups in total. The highest BCUT2D eigenvalue weighted by Gasteiger charge is 2.26. The zero-order valence-electron chi connectivity index (χ0n) is 18.3. The standard InChI is InChI=1S/C20H17N9O6/c1-33-14-5-3-4-12(17(14)34-2)10-22-24-20(30)16-15(11-6-8-13(9-7-11)29(31)32)23-27-28(16)19-18(21)25-35-26-19/h3-10H,1-2H3,(H2,21,25)(H,24,30). The fourth-order valence-electron chi connectivity index (χ4n) is 3.13. The van der Waals surface area contributed by atoms with Gasteiger partial charge in [0, 0.05) is 23.3 Å². The van der Waals surface area contributed by atoms with Crippen molar-refractivity contribution < 1.29 is 23.8 Å². The second-order valence-corrected chi connectivity index (χ2v) is 6.76. The van der Waals surface area contributed by atoms with Crippen LogP contribution in [-0.2, 0) is 0 Å². The van der Waals surface area contributed by atoms with E-state index in [1.165, 1.54) is 44.7 Å². The summed E-state index contributed by atoms with van der Waals surface area (Å²) in [4.78, 5) is 23.6. The van der Waals surface area contributed by atoms with E-state index in [1.54, 1.807) is 18.2 Å². The van der Waals surface area contributed by atoms with E-state index in [0.29, 0.717) is 22.6 Å². The van der Waals surface area contributed by atoms with E-state index in [0.717, 1.165) is 4.68 Å². The Labute approximate surface area is 196 Å². The molecule has 4 aromatic rings. The van der Waals surface area contributed by atoms with E-state index in [1.807, 2.05) is 0 Å². The van der Waals surface area contributed by atoms with Crippen LogP contribution in [-0.4, -0.2) is 56.6 Å². The van der Waals surface area contributed by atoms with Gasteiger partial charge in [-0.1, -0.05) is 11.3 Å². The van der Waals surface area contributed by atoms with Crippen molar-refractivity contribution >= 4 is 23.6 Å². The van der Waals surface area contributed by atoms with Crippen LogP contribution in [0.1, 0.15) is 16.1 Å². The number of hydrogen-bond donors (Lipinski definition) is 2. The van der Waals surface area contributed by atoms with Crippen molar-refractivity contribution in [3.05, 3.63) is 63.8 Å². The summed E-state index contributed by atoms with van der Waals surface area (Å²) in [6.45, 7) is 0. The Bertz CT molecular complexity index is 1410. The first-order valence-corrected chi connectivity index (χ1v) is 9.78. The van der Waals surface area contributed by atoms with Crippen molar-refractivity contribution in [1.82, 2.24) is 30.7 Å². The predicted octanol–water partition coefficient (Wildman–Crippen LogP) is 1.59. The highest BCUT2D eigenvalue weighted by molar-refractivity contribution is 5.99. The Hall–Kier alpha value is -5.34. The lowest BCUT2D eigenvalue weighted by Crippen LogP contribution is -2.22. The smallest absolute Gasteiger partial charge is 0.292 e. The van der Waals surface area contributed by atoms with Crippen molar-refractivity contribution in [1.29, 1.82) is 0 Å². The summed E-state index contributed by atoms with van der Waals surface area (Å²) in [5.74, 6) is -0.0332. The number of nitrogen functional groups attached to an aromatic ring is 1. The normalized spacial score (nSPS) is 10.9. The summed E-state index contributed by atoms with van der Waals surface area (Å²) in [6.07, 6.45) is 1.37. The van der Waals surface area contributed by atoms with Gasteiger partial charge in [0.1, 0.15) is 5.69 Å². The molecule has 0 unspecified atom stereocenters. The number of nitrogens with two attached hydrogens (primary N) is 1. The van der Waals surface area contributed by atoms with E-state index < -0.39 is 10.8 Å². The number of nitro benzene ring substituents is 1. The van der Waals surface area contributed by atoms with Gasteiger partial charge in [-0.15, -0.1) is 5.10 Å². The number of hydrogen-bond acceptors (Lipinski definition) is 12. The lowest BCUT2D eigenvalue weighted by Gasteiger charge is -2.09. The molecule has 1 amide bonds. The van der Waals surface area contributed by atoms with Crippen LogP contribution >= 0.6 is 0 Å². The summed E-state index contributed by atoms with van der Waals surface area (Å²) < 4.78 is 16.2. The molecule has 2 aromatic heterocycles. The van der Waals surface area contributed by atoms with Gasteiger partial charge in [0.05, 0.1) is 25.4 Å². The maximum absolute atomic E-state index is 13.2. The highest BCUT2D eigenvalue weighted by Crippen LogP contribution is 2.29. The third kappa shape index (κ3) is 4.45. The summed E-state index contributed by atoms with van der Waals surface area (Å²) >= 11 is 0. The summed E-state index contributed by atoms with van der Waals surface area (Å²) in [5.41, 5.74) is 8.91. The quantitative estimate of drug-likeness (QED) is 0.211. The van der Waals surface area contributed by atoms with Crippen LogP contribution in [0.25, 0.3) is 17.1 Å². The van der Waals surface area contributed by atoms with Crippen LogP contribution in [0.4, 0.5) is 11.5 Å².